The third kappa shape index (κ3) is 10.7. The van der Waals surface area contributed by atoms with Gasteiger partial charge in [-0.05, 0) is 0 Å². The largest absolute Gasteiger partial charge is 0.356 e. The molecule has 0 unspecified atom stereocenters. The molecule has 0 spiro atoms. The molecule has 29 heavy (non-hydrogen) atoms. The maximum Gasteiger partial charge on any atom is 0.356 e. The standard InChI is InChI=1S/C7H10Cl4O14S4/c1-20-7-6(25-29(11,18)19)5(24-28(10,16)17)4(23-27(9,14)15)3(22-7)2-21-26(8,12)13/h3-7H,2H2,1H3/t3-,4-,5+,6-,7+/m1/s1. The summed E-state index contributed by atoms with van der Waals surface area (Å²) in [5, 5.41) is 0. The Hall–Kier alpha value is 0.720. The zero-order valence-corrected chi connectivity index (χ0v) is 19.7. The summed E-state index contributed by atoms with van der Waals surface area (Å²) in [6.07, 6.45) is -10.3. The lowest BCUT2D eigenvalue weighted by molar-refractivity contribution is -0.276. The number of hydrogen-bond acceptors (Lipinski definition) is 14. The third-order valence-corrected chi connectivity index (χ3v) is 5.57. The molecule has 1 aliphatic rings. The molecule has 1 saturated heterocycles. The average Bonchev–Trinajstić information content (AvgIpc) is 2.44. The van der Waals surface area contributed by atoms with Gasteiger partial charge in [-0.3, -0.25) is 4.18 Å². The van der Waals surface area contributed by atoms with Gasteiger partial charge in [0.05, 0.1) is 6.61 Å². The van der Waals surface area contributed by atoms with Gasteiger partial charge in [-0.25, -0.2) is 12.5 Å². The number of hydrogen-bond donors (Lipinski definition) is 0. The van der Waals surface area contributed by atoms with Gasteiger partial charge in [0.15, 0.2) is 12.4 Å². The maximum absolute atomic E-state index is 11.4. The highest BCUT2D eigenvalue weighted by Gasteiger charge is 2.53. The SMILES string of the molecule is CO[C@H]1O[C@H](COS(=O)(=O)Cl)[C@@H](OS(=O)(=O)Cl)[C@H](OS(=O)(=O)Cl)[C@H]1OS(=O)(=O)Cl. The molecule has 0 aromatic carbocycles. The van der Waals surface area contributed by atoms with Crippen molar-refractivity contribution in [3.63, 3.8) is 0 Å². The summed E-state index contributed by atoms with van der Waals surface area (Å²) in [4.78, 5) is 0. The van der Waals surface area contributed by atoms with E-state index in [-0.39, 0.29) is 0 Å². The van der Waals surface area contributed by atoms with Crippen molar-refractivity contribution in [3.05, 3.63) is 0 Å². The molecule has 0 radical (unpaired) electrons. The molecule has 174 valence electrons. The summed E-state index contributed by atoms with van der Waals surface area (Å²) >= 11 is 0. The lowest BCUT2D eigenvalue weighted by Gasteiger charge is -2.42. The molecule has 1 aliphatic heterocycles. The Morgan fingerprint density at radius 2 is 1.10 bits per heavy atom. The predicted molar refractivity (Wildman–Crippen MR) is 95.3 cm³/mol. The van der Waals surface area contributed by atoms with Gasteiger partial charge in [0.25, 0.3) is 0 Å². The van der Waals surface area contributed by atoms with Crippen LogP contribution in [0.15, 0.2) is 0 Å². The van der Waals surface area contributed by atoms with Gasteiger partial charge in [0.2, 0.25) is 0 Å². The summed E-state index contributed by atoms with van der Waals surface area (Å²) in [7, 11) is 1.30. The van der Waals surface area contributed by atoms with Crippen LogP contribution in [0.3, 0.4) is 0 Å². The highest BCUT2D eigenvalue weighted by molar-refractivity contribution is 8.10. The van der Waals surface area contributed by atoms with Crippen LogP contribution in [0.5, 0.6) is 0 Å². The van der Waals surface area contributed by atoms with E-state index < -0.39 is 74.6 Å². The third-order valence-electron chi connectivity index (χ3n) is 2.87. The van der Waals surface area contributed by atoms with Gasteiger partial charge in [-0.1, -0.05) is 0 Å². The van der Waals surface area contributed by atoms with Crippen LogP contribution in [0.4, 0.5) is 0 Å². The molecule has 0 bridgehead atoms. The Labute approximate surface area is 183 Å². The van der Waals surface area contributed by atoms with Crippen LogP contribution in [-0.4, -0.2) is 78.1 Å². The Morgan fingerprint density at radius 3 is 1.48 bits per heavy atom. The lowest BCUT2D eigenvalue weighted by Crippen LogP contribution is -2.62. The first-order valence-corrected chi connectivity index (χ1v) is 15.4. The van der Waals surface area contributed by atoms with Crippen LogP contribution in [0.1, 0.15) is 0 Å². The van der Waals surface area contributed by atoms with E-state index in [9.17, 15) is 33.7 Å². The van der Waals surface area contributed by atoms with Gasteiger partial charge in [-0.2, -0.15) is 33.7 Å². The van der Waals surface area contributed by atoms with E-state index in [1.807, 2.05) is 0 Å². The molecule has 14 nitrogen and oxygen atoms in total. The molecular formula is C7H10Cl4O14S4. The van der Waals surface area contributed by atoms with Gasteiger partial charge < -0.3 is 9.47 Å². The molecule has 0 aromatic rings. The van der Waals surface area contributed by atoms with E-state index in [1.165, 1.54) is 0 Å². The lowest BCUT2D eigenvalue weighted by atomic mass is 9.99. The second kappa shape index (κ2) is 10.1. The zero-order valence-electron chi connectivity index (χ0n) is 13.5. The first kappa shape index (κ1) is 27.8. The Morgan fingerprint density at radius 1 is 0.690 bits per heavy atom. The quantitative estimate of drug-likeness (QED) is 0.296. The minimum atomic E-state index is -4.96. The van der Waals surface area contributed by atoms with Crippen LogP contribution in [0.2, 0.25) is 0 Å². The van der Waals surface area contributed by atoms with E-state index in [1.54, 1.807) is 0 Å². The second-order valence-corrected chi connectivity index (χ2v) is 13.3. The summed E-state index contributed by atoms with van der Waals surface area (Å²) in [5.41, 5.74) is 0. The van der Waals surface area contributed by atoms with E-state index in [0.29, 0.717) is 0 Å². The molecule has 0 saturated carbocycles. The van der Waals surface area contributed by atoms with Crippen LogP contribution in [0, 0.1) is 0 Å². The van der Waals surface area contributed by atoms with Gasteiger partial charge >= 0.3 is 37.3 Å². The van der Waals surface area contributed by atoms with E-state index >= 15 is 0 Å². The van der Waals surface area contributed by atoms with Crippen molar-refractivity contribution in [2.75, 3.05) is 13.7 Å². The summed E-state index contributed by atoms with van der Waals surface area (Å²) < 4.78 is 117. The van der Waals surface area contributed by atoms with Crippen LogP contribution in [-0.2, 0) is 63.5 Å². The van der Waals surface area contributed by atoms with Crippen molar-refractivity contribution in [1.82, 2.24) is 0 Å². The monoisotopic (exact) mass is 586 g/mol. The fourth-order valence-electron chi connectivity index (χ4n) is 2.08. The highest BCUT2D eigenvalue weighted by Crippen LogP contribution is 2.33. The topological polar surface area (TPSA) is 192 Å². The molecule has 5 atom stereocenters. The molecule has 1 heterocycles. The Balaban J connectivity index is 3.49. The minimum Gasteiger partial charge on any atom is -0.353 e. The minimum absolute atomic E-state index is 0.920. The van der Waals surface area contributed by atoms with Crippen LogP contribution in [0.25, 0.3) is 0 Å². The number of methoxy groups -OCH3 is 1. The fourth-order valence-corrected chi connectivity index (χ4v) is 4.73. The summed E-state index contributed by atoms with van der Waals surface area (Å²) in [6, 6.07) is 0. The van der Waals surface area contributed by atoms with Crippen molar-refractivity contribution in [2.24, 2.45) is 0 Å². The van der Waals surface area contributed by atoms with E-state index in [2.05, 4.69) is 16.7 Å². The van der Waals surface area contributed by atoms with E-state index in [0.717, 1.165) is 7.11 Å². The Kier molecular flexibility index (Phi) is 9.68. The average molecular weight is 588 g/mol. The number of halogens is 4. The highest BCUT2D eigenvalue weighted by atomic mass is 35.7. The van der Waals surface area contributed by atoms with Crippen molar-refractivity contribution >= 4 is 80.1 Å². The molecule has 0 amide bonds. The smallest absolute Gasteiger partial charge is 0.353 e. The normalized spacial score (nSPS) is 29.6. The molecule has 0 N–H and O–H groups in total. The van der Waals surface area contributed by atoms with Crippen molar-refractivity contribution in [3.8, 4) is 0 Å². The molecule has 1 fully saturated rings. The summed E-state index contributed by atoms with van der Waals surface area (Å²) in [5.74, 6) is 0. The van der Waals surface area contributed by atoms with Crippen LogP contribution >= 0.6 is 42.7 Å². The zero-order chi connectivity index (χ0) is 22.8. The van der Waals surface area contributed by atoms with Gasteiger partial charge in [-0.15, -0.1) is 0 Å². The first-order chi connectivity index (χ1) is 12.8. The molecule has 0 aromatic heterocycles. The first-order valence-electron chi connectivity index (χ1n) is 6.47. The summed E-state index contributed by atoms with van der Waals surface area (Å²) in [6.45, 7) is -1.09. The van der Waals surface area contributed by atoms with Gasteiger partial charge in [0.1, 0.15) is 18.3 Å². The van der Waals surface area contributed by atoms with Gasteiger partial charge in [0, 0.05) is 49.8 Å². The number of ether oxygens (including phenoxy) is 2. The molecule has 22 heteroatoms. The van der Waals surface area contributed by atoms with Crippen molar-refractivity contribution in [2.45, 2.75) is 30.7 Å². The van der Waals surface area contributed by atoms with Crippen LogP contribution < -0.4 is 0 Å². The van der Waals surface area contributed by atoms with Crippen molar-refractivity contribution < 1.29 is 59.9 Å². The Bertz CT molecular complexity index is 991. The van der Waals surface area contributed by atoms with Crippen molar-refractivity contribution in [1.29, 1.82) is 0 Å². The second-order valence-electron chi connectivity index (χ2n) is 4.82. The molecule has 1 rings (SSSR count). The van der Waals surface area contributed by atoms with E-state index in [4.69, 9.17) is 52.2 Å². The number of rotatable bonds is 10. The predicted octanol–water partition coefficient (Wildman–Crippen LogP) is -0.536. The fraction of sp³-hybridized carbons (Fsp3) is 1.00. The molecule has 0 aliphatic carbocycles. The maximum atomic E-state index is 11.4. The molecular weight excluding hydrogens is 578 g/mol.